The van der Waals surface area contributed by atoms with Crippen molar-refractivity contribution in [1.82, 2.24) is 15.0 Å². The van der Waals surface area contributed by atoms with Gasteiger partial charge in [0.2, 0.25) is 0 Å². The largest absolute Gasteiger partial charge is 0.480 e. The first-order chi connectivity index (χ1) is 6.68. The van der Waals surface area contributed by atoms with E-state index < -0.39 is 5.97 Å². The minimum Gasteiger partial charge on any atom is -0.480 e. The van der Waals surface area contributed by atoms with Crippen LogP contribution in [0.25, 0.3) is 0 Å². The van der Waals surface area contributed by atoms with Gasteiger partial charge >= 0.3 is 5.97 Å². The molecule has 0 aliphatic carbocycles. The molecule has 0 amide bonds. The van der Waals surface area contributed by atoms with Gasteiger partial charge in [-0.05, 0) is 12.8 Å². The number of carboxylic acid groups (broad SMARTS) is 1. The third-order valence-electron chi connectivity index (χ3n) is 2.37. The van der Waals surface area contributed by atoms with E-state index >= 15 is 0 Å². The van der Waals surface area contributed by atoms with E-state index in [0.29, 0.717) is 0 Å². The summed E-state index contributed by atoms with van der Waals surface area (Å²) in [4.78, 5) is 12.5. The molecule has 2 rings (SSSR count). The topological polar surface area (TPSA) is 71.2 Å². The molecular weight excluding hydrogens is 184 g/mol. The Bertz CT molecular complexity index is 360. The zero-order valence-corrected chi connectivity index (χ0v) is 7.97. The molecule has 1 aliphatic rings. The van der Waals surface area contributed by atoms with Gasteiger partial charge in [0.1, 0.15) is 6.54 Å². The van der Waals surface area contributed by atoms with Crippen LogP contribution < -0.4 is 4.90 Å². The summed E-state index contributed by atoms with van der Waals surface area (Å²) in [6.45, 7) is 0.856. The molecule has 0 radical (unpaired) electrons. The molecule has 6 nitrogen and oxygen atoms in total. The lowest BCUT2D eigenvalue weighted by atomic mass is 10.1. The fraction of sp³-hybridized carbons (Fsp3) is 0.625. The lowest BCUT2D eigenvalue weighted by molar-refractivity contribution is -0.137. The van der Waals surface area contributed by atoms with Crippen molar-refractivity contribution in [3.8, 4) is 0 Å². The van der Waals surface area contributed by atoms with Gasteiger partial charge in [0, 0.05) is 13.6 Å². The Hall–Kier alpha value is -1.59. The van der Waals surface area contributed by atoms with Crippen LogP contribution in [0.4, 0.5) is 5.82 Å². The Kier molecular flexibility index (Phi) is 2.11. The number of nitrogens with zero attached hydrogens (tertiary/aromatic N) is 4. The molecule has 1 aromatic rings. The van der Waals surface area contributed by atoms with Crippen LogP contribution >= 0.6 is 0 Å². The van der Waals surface area contributed by atoms with Crippen LogP contribution in [-0.2, 0) is 17.8 Å². The highest BCUT2D eigenvalue weighted by atomic mass is 16.4. The zero-order valence-electron chi connectivity index (χ0n) is 7.97. The molecule has 76 valence electrons. The molecule has 0 saturated carbocycles. The molecule has 0 bridgehead atoms. The van der Waals surface area contributed by atoms with Gasteiger partial charge in [-0.1, -0.05) is 5.21 Å². The number of carbonyl (C=O) groups is 1. The summed E-state index contributed by atoms with van der Waals surface area (Å²) in [6, 6.07) is 0. The van der Waals surface area contributed by atoms with E-state index in [2.05, 4.69) is 10.3 Å². The Morgan fingerprint density at radius 1 is 1.64 bits per heavy atom. The Morgan fingerprint density at radius 2 is 2.43 bits per heavy atom. The molecule has 0 fully saturated rings. The van der Waals surface area contributed by atoms with E-state index in [4.69, 9.17) is 5.11 Å². The Labute approximate surface area is 81.1 Å². The van der Waals surface area contributed by atoms with E-state index in [1.54, 1.807) is 0 Å². The average molecular weight is 196 g/mol. The van der Waals surface area contributed by atoms with E-state index in [1.165, 1.54) is 4.68 Å². The molecule has 0 unspecified atom stereocenters. The lowest BCUT2D eigenvalue weighted by Crippen LogP contribution is -2.26. The standard InChI is InChI=1S/C8H12N4O2/c1-11-4-2-3-6-8(11)9-10-12(6)5-7(13)14/h2-5H2,1H3,(H,13,14). The molecule has 0 atom stereocenters. The summed E-state index contributed by atoms with van der Waals surface area (Å²) in [5.74, 6) is -0.0663. The van der Waals surface area contributed by atoms with Gasteiger partial charge < -0.3 is 10.0 Å². The third-order valence-corrected chi connectivity index (χ3v) is 2.37. The first kappa shape index (κ1) is 8.98. The number of hydrogen-bond donors (Lipinski definition) is 1. The average Bonchev–Trinajstić information content (AvgIpc) is 2.49. The van der Waals surface area contributed by atoms with E-state index in [1.807, 2.05) is 11.9 Å². The van der Waals surface area contributed by atoms with Gasteiger partial charge in [-0.15, -0.1) is 5.10 Å². The maximum Gasteiger partial charge on any atom is 0.325 e. The number of carboxylic acids is 1. The summed E-state index contributed by atoms with van der Waals surface area (Å²) >= 11 is 0. The highest BCUT2D eigenvalue weighted by molar-refractivity contribution is 5.66. The number of hydrogen-bond acceptors (Lipinski definition) is 4. The van der Waals surface area contributed by atoms with Crippen molar-refractivity contribution in [3.63, 3.8) is 0 Å². The van der Waals surface area contributed by atoms with Crippen molar-refractivity contribution in [1.29, 1.82) is 0 Å². The number of anilines is 1. The summed E-state index contributed by atoms with van der Waals surface area (Å²) in [7, 11) is 1.94. The fourth-order valence-electron chi connectivity index (χ4n) is 1.71. The monoisotopic (exact) mass is 196 g/mol. The van der Waals surface area contributed by atoms with Crippen LogP contribution in [0.1, 0.15) is 12.1 Å². The van der Waals surface area contributed by atoms with E-state index in [-0.39, 0.29) is 6.54 Å². The van der Waals surface area contributed by atoms with Crippen molar-refractivity contribution >= 4 is 11.8 Å². The van der Waals surface area contributed by atoms with Gasteiger partial charge in [0.05, 0.1) is 5.69 Å². The Balaban J connectivity index is 2.31. The molecule has 0 spiro atoms. The summed E-state index contributed by atoms with van der Waals surface area (Å²) in [6.07, 6.45) is 1.89. The summed E-state index contributed by atoms with van der Waals surface area (Å²) < 4.78 is 1.47. The quantitative estimate of drug-likeness (QED) is 0.706. The highest BCUT2D eigenvalue weighted by Gasteiger charge is 2.21. The molecule has 0 aromatic carbocycles. The second-order valence-corrected chi connectivity index (χ2v) is 3.44. The SMILES string of the molecule is CN1CCCc2c1nnn2CC(=O)O. The highest BCUT2D eigenvalue weighted by Crippen LogP contribution is 2.22. The molecule has 1 N–H and O–H groups in total. The Morgan fingerprint density at radius 3 is 3.14 bits per heavy atom. The van der Waals surface area contributed by atoms with Crippen molar-refractivity contribution in [2.24, 2.45) is 0 Å². The zero-order chi connectivity index (χ0) is 10.1. The smallest absolute Gasteiger partial charge is 0.325 e. The molecule has 0 saturated heterocycles. The normalized spacial score (nSPS) is 15.4. The van der Waals surface area contributed by atoms with Crippen LogP contribution in [-0.4, -0.2) is 39.7 Å². The molecule has 1 aromatic heterocycles. The molecule has 14 heavy (non-hydrogen) atoms. The predicted octanol–water partition coefficient (Wildman–Crippen LogP) is -0.255. The summed E-state index contributed by atoms with van der Waals surface area (Å²) in [5, 5.41) is 16.4. The second kappa shape index (κ2) is 3.28. The van der Waals surface area contributed by atoms with Crippen LogP contribution in [0.3, 0.4) is 0 Å². The van der Waals surface area contributed by atoms with Gasteiger partial charge in [-0.3, -0.25) is 4.79 Å². The van der Waals surface area contributed by atoms with Crippen molar-refractivity contribution in [2.75, 3.05) is 18.5 Å². The molecule has 1 aliphatic heterocycles. The molecular formula is C8H12N4O2. The molecule has 2 heterocycles. The number of rotatable bonds is 2. The number of aliphatic carboxylic acids is 1. The van der Waals surface area contributed by atoms with Gasteiger partial charge in [0.15, 0.2) is 5.82 Å². The van der Waals surface area contributed by atoms with Gasteiger partial charge in [-0.25, -0.2) is 4.68 Å². The van der Waals surface area contributed by atoms with E-state index in [9.17, 15) is 4.79 Å². The second-order valence-electron chi connectivity index (χ2n) is 3.44. The molecule has 6 heteroatoms. The minimum absolute atomic E-state index is 0.101. The lowest BCUT2D eigenvalue weighted by Gasteiger charge is -2.22. The van der Waals surface area contributed by atoms with Crippen molar-refractivity contribution in [2.45, 2.75) is 19.4 Å². The minimum atomic E-state index is -0.883. The predicted molar refractivity (Wildman–Crippen MR) is 49.2 cm³/mol. The van der Waals surface area contributed by atoms with Crippen LogP contribution in [0, 0.1) is 0 Å². The van der Waals surface area contributed by atoms with Crippen LogP contribution in [0.2, 0.25) is 0 Å². The number of aromatic nitrogens is 3. The van der Waals surface area contributed by atoms with Gasteiger partial charge in [0.25, 0.3) is 0 Å². The van der Waals surface area contributed by atoms with Crippen molar-refractivity contribution < 1.29 is 9.90 Å². The van der Waals surface area contributed by atoms with Gasteiger partial charge in [-0.2, -0.15) is 0 Å². The fourth-order valence-corrected chi connectivity index (χ4v) is 1.71. The van der Waals surface area contributed by atoms with Crippen LogP contribution in [0.5, 0.6) is 0 Å². The van der Waals surface area contributed by atoms with Crippen molar-refractivity contribution in [3.05, 3.63) is 5.69 Å². The van der Waals surface area contributed by atoms with Crippen LogP contribution in [0.15, 0.2) is 0 Å². The first-order valence-corrected chi connectivity index (χ1v) is 4.54. The van der Waals surface area contributed by atoms with E-state index in [0.717, 1.165) is 30.9 Å². The maximum absolute atomic E-state index is 10.5. The third kappa shape index (κ3) is 1.43. The summed E-state index contributed by atoms with van der Waals surface area (Å²) in [5.41, 5.74) is 0.932. The first-order valence-electron chi connectivity index (χ1n) is 4.54. The number of fused-ring (bicyclic) bond motifs is 1. The maximum atomic E-state index is 10.5.